The van der Waals surface area contributed by atoms with Gasteiger partial charge in [0.15, 0.2) is 9.84 Å². The summed E-state index contributed by atoms with van der Waals surface area (Å²) in [5, 5.41) is 9.37. The van der Waals surface area contributed by atoms with Crippen LogP contribution in [0.25, 0.3) is 0 Å². The molecule has 1 aliphatic rings. The standard InChI is InChI=1S/C15H16F6O3S/c1-25(23,24)12(8-2-3-9-12)10-4-6-11(7-5-10)13(22,14(16,17)18)15(19,20)21/h4-7,22H,2-3,8-9H2,1H3. The van der Waals surface area contributed by atoms with Gasteiger partial charge in [0.05, 0.1) is 4.75 Å². The van der Waals surface area contributed by atoms with E-state index >= 15 is 0 Å². The molecule has 10 heteroatoms. The molecule has 2 rings (SSSR count). The Hall–Kier alpha value is -1.29. The molecule has 0 aromatic heterocycles. The number of aliphatic hydroxyl groups is 1. The summed E-state index contributed by atoms with van der Waals surface area (Å²) >= 11 is 0. The molecule has 0 aliphatic heterocycles. The van der Waals surface area contributed by atoms with Crippen molar-refractivity contribution >= 4 is 9.84 Å². The Kier molecular flexibility index (Phi) is 4.70. The molecule has 0 atom stereocenters. The fraction of sp³-hybridized carbons (Fsp3) is 0.600. The average molecular weight is 390 g/mol. The van der Waals surface area contributed by atoms with E-state index in [1.54, 1.807) is 0 Å². The van der Waals surface area contributed by atoms with E-state index in [0.717, 1.165) is 18.4 Å². The molecule has 0 unspecified atom stereocenters. The molecule has 1 aromatic rings. The van der Waals surface area contributed by atoms with Crippen LogP contribution in [0.4, 0.5) is 26.3 Å². The highest BCUT2D eigenvalue weighted by atomic mass is 32.2. The molecule has 0 bridgehead atoms. The summed E-state index contributed by atoms with van der Waals surface area (Å²) < 4.78 is 100. The van der Waals surface area contributed by atoms with Crippen LogP contribution in [-0.4, -0.2) is 32.1 Å². The van der Waals surface area contributed by atoms with E-state index in [-0.39, 0.29) is 18.4 Å². The highest BCUT2D eigenvalue weighted by molar-refractivity contribution is 7.91. The fourth-order valence-electron chi connectivity index (χ4n) is 3.32. The minimum Gasteiger partial charge on any atom is -0.369 e. The van der Waals surface area contributed by atoms with Gasteiger partial charge in [0.1, 0.15) is 0 Å². The van der Waals surface area contributed by atoms with Gasteiger partial charge in [-0.25, -0.2) is 8.42 Å². The summed E-state index contributed by atoms with van der Waals surface area (Å²) in [6.07, 6.45) is -9.30. The van der Waals surface area contributed by atoms with Crippen molar-refractivity contribution in [3.05, 3.63) is 35.4 Å². The fourth-order valence-corrected chi connectivity index (χ4v) is 4.92. The summed E-state index contributed by atoms with van der Waals surface area (Å²) in [4.78, 5) is 0. The van der Waals surface area contributed by atoms with Crippen molar-refractivity contribution < 1.29 is 39.9 Å². The number of sulfone groups is 1. The zero-order chi connectivity index (χ0) is 19.3. The molecule has 1 aromatic carbocycles. The number of alkyl halides is 6. The van der Waals surface area contributed by atoms with E-state index in [2.05, 4.69) is 0 Å². The molecule has 25 heavy (non-hydrogen) atoms. The highest BCUT2D eigenvalue weighted by Gasteiger charge is 2.71. The van der Waals surface area contributed by atoms with E-state index in [9.17, 15) is 39.9 Å². The van der Waals surface area contributed by atoms with Crippen molar-refractivity contribution in [2.24, 2.45) is 0 Å². The second-order valence-corrected chi connectivity index (χ2v) is 8.58. The van der Waals surface area contributed by atoms with Crippen molar-refractivity contribution in [3.8, 4) is 0 Å². The van der Waals surface area contributed by atoms with Crippen molar-refractivity contribution in [2.75, 3.05) is 6.26 Å². The Morgan fingerprint density at radius 3 is 1.64 bits per heavy atom. The molecule has 1 aliphatic carbocycles. The lowest BCUT2D eigenvalue weighted by Gasteiger charge is -2.33. The zero-order valence-electron chi connectivity index (χ0n) is 13.1. The Morgan fingerprint density at radius 1 is 0.920 bits per heavy atom. The first-order chi connectivity index (χ1) is 11.2. The molecule has 1 fully saturated rings. The summed E-state index contributed by atoms with van der Waals surface area (Å²) in [6, 6.07) is 2.82. The van der Waals surface area contributed by atoms with Gasteiger partial charge in [-0.15, -0.1) is 0 Å². The van der Waals surface area contributed by atoms with Crippen molar-refractivity contribution in [1.29, 1.82) is 0 Å². The Morgan fingerprint density at radius 2 is 1.32 bits per heavy atom. The second-order valence-electron chi connectivity index (χ2n) is 6.26. The van der Waals surface area contributed by atoms with Gasteiger partial charge < -0.3 is 5.11 Å². The van der Waals surface area contributed by atoms with E-state index < -0.39 is 38.1 Å². The zero-order valence-corrected chi connectivity index (χ0v) is 13.9. The number of benzene rings is 1. The van der Waals surface area contributed by atoms with Crippen LogP contribution in [0.1, 0.15) is 36.8 Å². The smallest absolute Gasteiger partial charge is 0.369 e. The number of rotatable bonds is 3. The van der Waals surface area contributed by atoms with Crippen LogP contribution in [0, 0.1) is 0 Å². The Balaban J connectivity index is 2.56. The second kappa shape index (κ2) is 5.87. The minimum atomic E-state index is -5.98. The molecule has 0 spiro atoms. The number of halogens is 6. The number of hydrogen-bond donors (Lipinski definition) is 1. The summed E-state index contributed by atoms with van der Waals surface area (Å²) in [5.74, 6) is 0. The molecule has 0 radical (unpaired) electrons. The predicted molar refractivity (Wildman–Crippen MR) is 77.4 cm³/mol. The first-order valence-electron chi connectivity index (χ1n) is 7.33. The molecular formula is C15H16F6O3S. The van der Waals surface area contributed by atoms with Crippen LogP contribution >= 0.6 is 0 Å². The molecule has 0 saturated heterocycles. The topological polar surface area (TPSA) is 54.4 Å². The molecule has 1 saturated carbocycles. The third kappa shape index (κ3) is 3.03. The normalized spacial score (nSPS) is 19.2. The van der Waals surface area contributed by atoms with Crippen molar-refractivity contribution in [1.82, 2.24) is 0 Å². The molecule has 3 nitrogen and oxygen atoms in total. The van der Waals surface area contributed by atoms with E-state index in [1.165, 1.54) is 0 Å². The summed E-state index contributed by atoms with van der Waals surface area (Å²) in [7, 11) is -3.63. The van der Waals surface area contributed by atoms with Crippen LogP contribution in [0.15, 0.2) is 24.3 Å². The Bertz CT molecular complexity index is 714. The molecule has 0 amide bonds. The Labute approximate surface area is 140 Å². The van der Waals surface area contributed by atoms with E-state index in [4.69, 9.17) is 0 Å². The minimum absolute atomic E-state index is 0.128. The third-order valence-corrected chi connectivity index (χ3v) is 6.83. The van der Waals surface area contributed by atoms with Gasteiger partial charge in [0.25, 0.3) is 5.60 Å². The average Bonchev–Trinajstić information content (AvgIpc) is 2.94. The van der Waals surface area contributed by atoms with Crippen LogP contribution in [-0.2, 0) is 20.2 Å². The van der Waals surface area contributed by atoms with Crippen molar-refractivity contribution in [3.63, 3.8) is 0 Å². The SMILES string of the molecule is CS(=O)(=O)C1(c2ccc(C(O)(C(F)(F)F)C(F)(F)F)cc2)CCCC1. The molecule has 0 heterocycles. The summed E-state index contributed by atoms with van der Waals surface area (Å²) in [6.45, 7) is 0. The van der Waals surface area contributed by atoms with Gasteiger partial charge in [0.2, 0.25) is 0 Å². The maximum absolute atomic E-state index is 12.9. The molecule has 1 N–H and O–H groups in total. The number of hydrogen-bond acceptors (Lipinski definition) is 3. The van der Waals surface area contributed by atoms with Gasteiger partial charge in [-0.2, -0.15) is 26.3 Å². The van der Waals surface area contributed by atoms with Gasteiger partial charge in [-0.05, 0) is 18.4 Å². The maximum Gasteiger partial charge on any atom is 0.430 e. The summed E-state index contributed by atoms with van der Waals surface area (Å²) in [5.41, 5.74) is -6.30. The lowest BCUT2D eigenvalue weighted by Crippen LogP contribution is -2.53. The lowest BCUT2D eigenvalue weighted by atomic mass is 9.89. The van der Waals surface area contributed by atoms with Crippen LogP contribution in [0.5, 0.6) is 0 Å². The van der Waals surface area contributed by atoms with E-state index in [0.29, 0.717) is 25.0 Å². The lowest BCUT2D eigenvalue weighted by molar-refractivity contribution is -0.376. The largest absolute Gasteiger partial charge is 0.430 e. The third-order valence-electron chi connectivity index (χ3n) is 4.77. The first-order valence-corrected chi connectivity index (χ1v) is 9.22. The van der Waals surface area contributed by atoms with Crippen LogP contribution in [0.3, 0.4) is 0 Å². The van der Waals surface area contributed by atoms with Crippen LogP contribution < -0.4 is 0 Å². The van der Waals surface area contributed by atoms with Gasteiger partial charge in [-0.1, -0.05) is 37.1 Å². The van der Waals surface area contributed by atoms with Gasteiger partial charge in [0, 0.05) is 11.8 Å². The van der Waals surface area contributed by atoms with Gasteiger partial charge >= 0.3 is 12.4 Å². The maximum atomic E-state index is 12.9. The van der Waals surface area contributed by atoms with Gasteiger partial charge in [-0.3, -0.25) is 0 Å². The first kappa shape index (κ1) is 20.0. The molecular weight excluding hydrogens is 374 g/mol. The monoisotopic (exact) mass is 390 g/mol. The predicted octanol–water partition coefficient (Wildman–Crippen LogP) is 3.81. The van der Waals surface area contributed by atoms with E-state index in [1.807, 2.05) is 0 Å². The quantitative estimate of drug-likeness (QED) is 0.799. The van der Waals surface area contributed by atoms with Crippen LogP contribution in [0.2, 0.25) is 0 Å². The highest BCUT2D eigenvalue weighted by Crippen LogP contribution is 2.51. The molecule has 142 valence electrons. The van der Waals surface area contributed by atoms with Crippen molar-refractivity contribution in [2.45, 2.75) is 48.4 Å².